The number of phenolic OH excluding ortho intramolecular Hbond substituents is 1. The molecule has 2 aromatic carbocycles. The lowest BCUT2D eigenvalue weighted by atomic mass is 9.83. The highest BCUT2D eigenvalue weighted by molar-refractivity contribution is 6.03. The maximum atomic E-state index is 16.8. The van der Waals surface area contributed by atoms with Crippen LogP contribution in [0.5, 0.6) is 11.8 Å². The van der Waals surface area contributed by atoms with Crippen molar-refractivity contribution in [1.29, 1.82) is 0 Å². The zero-order valence-corrected chi connectivity index (χ0v) is 25.3. The Morgan fingerprint density at radius 3 is 2.83 bits per heavy atom. The third-order valence-corrected chi connectivity index (χ3v) is 10.8. The number of halogens is 3. The largest absolute Gasteiger partial charge is 0.508 e. The fraction of sp³-hybridized carbons (Fsp3) is 0.457. The van der Waals surface area contributed by atoms with Gasteiger partial charge >= 0.3 is 6.01 Å². The lowest BCUT2D eigenvalue weighted by molar-refractivity contribution is 0.107. The van der Waals surface area contributed by atoms with E-state index in [4.69, 9.17) is 16.1 Å². The molecule has 238 valence electrons. The SMILES string of the molecule is C#Cc1c(F)ccc2cc(O)cc(-c3ncc4c(N5CC6CCC(CO)(C6)C5)nc(OC[C@@]56CCCN5C[C@H](F)C6)nc4c3F)c12. The van der Waals surface area contributed by atoms with Crippen LogP contribution in [0.4, 0.5) is 19.0 Å². The van der Waals surface area contributed by atoms with Gasteiger partial charge in [-0.25, -0.2) is 13.2 Å². The normalized spacial score (nSPS) is 27.4. The zero-order valence-electron chi connectivity index (χ0n) is 25.3. The van der Waals surface area contributed by atoms with Crippen molar-refractivity contribution in [2.24, 2.45) is 11.3 Å². The summed E-state index contributed by atoms with van der Waals surface area (Å²) in [4.78, 5) is 18.0. The van der Waals surface area contributed by atoms with Crippen LogP contribution in [-0.4, -0.2) is 81.2 Å². The third-order valence-electron chi connectivity index (χ3n) is 10.8. The number of benzene rings is 2. The second-order valence-electron chi connectivity index (χ2n) is 13.7. The maximum absolute atomic E-state index is 16.8. The highest BCUT2D eigenvalue weighted by Gasteiger charge is 2.50. The molecule has 8 nitrogen and oxygen atoms in total. The van der Waals surface area contributed by atoms with E-state index in [1.165, 1.54) is 30.5 Å². The molecule has 2 N–H and O–H groups in total. The van der Waals surface area contributed by atoms with Crippen LogP contribution in [0.2, 0.25) is 0 Å². The standard InChI is InChI=1S/C35H34F3N5O3/c1-2-24-27(37)5-4-21-10-23(45)11-25(28(21)24)30-29(38)31-26(14-39-30)32(42-15-20-6-8-34(12-20,17-42)18-44)41-33(40-31)46-19-35-7-3-9-43(35)16-22(36)13-35/h1,4-5,10-11,14,20,22,44-45H,3,6-9,12-13,15-19H2/t20?,22-,34?,35+/m1/s1. The number of anilines is 1. The summed E-state index contributed by atoms with van der Waals surface area (Å²) in [5.41, 5.74) is -0.879. The van der Waals surface area contributed by atoms with Gasteiger partial charge in [0.1, 0.15) is 41.4 Å². The van der Waals surface area contributed by atoms with Crippen LogP contribution in [0.15, 0.2) is 30.5 Å². The molecule has 1 saturated carbocycles. The fourth-order valence-corrected chi connectivity index (χ4v) is 8.68. The number of nitrogens with zero attached hydrogens (tertiary/aromatic N) is 5. The van der Waals surface area contributed by atoms with Crippen molar-refractivity contribution in [2.75, 3.05) is 44.3 Å². The van der Waals surface area contributed by atoms with Crippen molar-refractivity contribution in [3.63, 3.8) is 0 Å². The number of piperidine rings is 1. The minimum atomic E-state index is -0.934. The quantitative estimate of drug-likeness (QED) is 0.275. The Kier molecular flexibility index (Phi) is 6.82. The zero-order chi connectivity index (χ0) is 31.8. The minimum Gasteiger partial charge on any atom is -0.508 e. The number of rotatable bonds is 6. The first-order valence-corrected chi connectivity index (χ1v) is 15.9. The average molecular weight is 630 g/mol. The van der Waals surface area contributed by atoms with Gasteiger partial charge in [-0.2, -0.15) is 9.97 Å². The number of fused-ring (bicyclic) bond motifs is 5. The first-order chi connectivity index (χ1) is 22.2. The molecule has 1 aliphatic carbocycles. The van der Waals surface area contributed by atoms with Gasteiger partial charge in [-0.1, -0.05) is 12.0 Å². The summed E-state index contributed by atoms with van der Waals surface area (Å²) in [6, 6.07) is 5.39. The molecule has 11 heteroatoms. The molecule has 4 atom stereocenters. The molecule has 0 amide bonds. The van der Waals surface area contributed by atoms with Gasteiger partial charge in [0.05, 0.1) is 23.1 Å². The van der Waals surface area contributed by atoms with Crippen molar-refractivity contribution in [3.8, 4) is 35.4 Å². The van der Waals surface area contributed by atoms with Gasteiger partial charge < -0.3 is 19.8 Å². The van der Waals surface area contributed by atoms with Crippen LogP contribution in [0.1, 0.15) is 44.1 Å². The number of aliphatic hydroxyl groups excluding tert-OH is 1. The predicted molar refractivity (Wildman–Crippen MR) is 167 cm³/mol. The molecule has 3 saturated heterocycles. The lowest BCUT2D eigenvalue weighted by Gasteiger charge is -2.40. The van der Waals surface area contributed by atoms with Crippen molar-refractivity contribution >= 4 is 27.5 Å². The van der Waals surface area contributed by atoms with Crippen LogP contribution >= 0.6 is 0 Å². The van der Waals surface area contributed by atoms with E-state index in [1.54, 1.807) is 0 Å². The summed E-state index contributed by atoms with van der Waals surface area (Å²) in [6.45, 7) is 2.60. The topological polar surface area (TPSA) is 94.8 Å². The van der Waals surface area contributed by atoms with E-state index in [0.717, 1.165) is 38.6 Å². The number of hydrogen-bond acceptors (Lipinski definition) is 8. The van der Waals surface area contributed by atoms with E-state index < -0.39 is 23.3 Å². The molecule has 2 bridgehead atoms. The summed E-state index contributed by atoms with van der Waals surface area (Å²) in [6.07, 6.45) is 11.1. The Labute approximate surface area is 264 Å². The molecule has 8 rings (SSSR count). The van der Waals surface area contributed by atoms with Crippen LogP contribution < -0.4 is 9.64 Å². The number of aliphatic hydroxyl groups is 1. The molecule has 4 fully saturated rings. The van der Waals surface area contributed by atoms with Gasteiger partial charge in [0.15, 0.2) is 5.82 Å². The molecule has 4 aromatic rings. The fourth-order valence-electron chi connectivity index (χ4n) is 8.68. The monoisotopic (exact) mass is 629 g/mol. The average Bonchev–Trinajstić information content (AvgIpc) is 3.68. The lowest BCUT2D eigenvalue weighted by Crippen LogP contribution is -2.45. The molecule has 5 heterocycles. The molecule has 0 radical (unpaired) electrons. The highest BCUT2D eigenvalue weighted by Crippen LogP contribution is 2.48. The Bertz CT molecular complexity index is 1930. The summed E-state index contributed by atoms with van der Waals surface area (Å²) in [5, 5.41) is 21.9. The van der Waals surface area contributed by atoms with E-state index >= 15 is 4.39 Å². The molecule has 2 aromatic heterocycles. The number of aromatic nitrogens is 3. The first-order valence-electron chi connectivity index (χ1n) is 15.9. The van der Waals surface area contributed by atoms with Crippen LogP contribution in [0.25, 0.3) is 32.9 Å². The Balaban J connectivity index is 1.28. The van der Waals surface area contributed by atoms with Gasteiger partial charge in [-0.15, -0.1) is 6.42 Å². The predicted octanol–water partition coefficient (Wildman–Crippen LogP) is 5.36. The summed E-state index contributed by atoms with van der Waals surface area (Å²) >= 11 is 0. The van der Waals surface area contributed by atoms with Gasteiger partial charge in [-0.3, -0.25) is 9.88 Å². The molecule has 4 aliphatic rings. The van der Waals surface area contributed by atoms with E-state index in [-0.39, 0.29) is 58.1 Å². The maximum Gasteiger partial charge on any atom is 0.319 e. The second-order valence-corrected chi connectivity index (χ2v) is 13.7. The summed E-state index contributed by atoms with van der Waals surface area (Å²) in [7, 11) is 0. The second kappa shape index (κ2) is 10.7. The number of alkyl halides is 1. The van der Waals surface area contributed by atoms with E-state index in [0.29, 0.717) is 48.6 Å². The highest BCUT2D eigenvalue weighted by atomic mass is 19.1. The van der Waals surface area contributed by atoms with Gasteiger partial charge in [-0.05, 0) is 68.2 Å². The van der Waals surface area contributed by atoms with Gasteiger partial charge in [0.2, 0.25) is 0 Å². The number of hydrogen-bond donors (Lipinski definition) is 2. The van der Waals surface area contributed by atoms with E-state index in [2.05, 4.69) is 25.7 Å². The Morgan fingerprint density at radius 1 is 1.13 bits per heavy atom. The van der Waals surface area contributed by atoms with Crippen molar-refractivity contribution in [2.45, 2.75) is 50.2 Å². The Morgan fingerprint density at radius 2 is 2.00 bits per heavy atom. The van der Waals surface area contributed by atoms with Crippen molar-refractivity contribution in [1.82, 2.24) is 19.9 Å². The minimum absolute atomic E-state index is 0.0332. The van der Waals surface area contributed by atoms with Crippen LogP contribution in [0.3, 0.4) is 0 Å². The number of aromatic hydroxyl groups is 1. The molecule has 2 unspecified atom stereocenters. The van der Waals surface area contributed by atoms with Crippen LogP contribution in [-0.2, 0) is 0 Å². The molecular weight excluding hydrogens is 595 g/mol. The van der Waals surface area contributed by atoms with Crippen molar-refractivity contribution < 1.29 is 28.1 Å². The molecule has 0 spiro atoms. The number of terminal acetylenes is 1. The Hall–Kier alpha value is -4.14. The number of ether oxygens (including phenoxy) is 1. The molecular formula is C35H34F3N5O3. The number of phenols is 1. The van der Waals surface area contributed by atoms with E-state index in [1.807, 2.05) is 0 Å². The summed E-state index contributed by atoms with van der Waals surface area (Å²) < 4.78 is 52.4. The van der Waals surface area contributed by atoms with Crippen molar-refractivity contribution in [3.05, 3.63) is 47.7 Å². The summed E-state index contributed by atoms with van der Waals surface area (Å²) in [5.74, 6) is 1.56. The molecule has 3 aliphatic heterocycles. The van der Waals surface area contributed by atoms with Gasteiger partial charge in [0.25, 0.3) is 0 Å². The number of pyridine rings is 1. The molecule has 46 heavy (non-hydrogen) atoms. The third kappa shape index (κ3) is 4.56. The van der Waals surface area contributed by atoms with Gasteiger partial charge in [0, 0.05) is 48.6 Å². The van der Waals surface area contributed by atoms with E-state index in [9.17, 15) is 19.0 Å². The van der Waals surface area contributed by atoms with Crippen LogP contribution in [0, 0.1) is 35.3 Å². The smallest absolute Gasteiger partial charge is 0.319 e. The first kappa shape index (κ1) is 29.3.